The molecule has 0 spiro atoms. The minimum Gasteiger partial charge on any atom is -0.354 e. The van der Waals surface area contributed by atoms with E-state index in [9.17, 15) is 17.6 Å². The Balaban J connectivity index is 1.67. The number of halogens is 1. The van der Waals surface area contributed by atoms with Crippen LogP contribution in [0.5, 0.6) is 0 Å². The number of benzene rings is 2. The van der Waals surface area contributed by atoms with Crippen molar-refractivity contribution in [1.82, 2.24) is 14.5 Å². The van der Waals surface area contributed by atoms with Crippen LogP contribution in [-0.4, -0.2) is 56.3 Å². The van der Waals surface area contributed by atoms with Gasteiger partial charge >= 0.3 is 0 Å². The van der Waals surface area contributed by atoms with Gasteiger partial charge in [0.1, 0.15) is 5.82 Å². The molecule has 2 aromatic rings. The molecular formula is C24H32FN3O3S. The lowest BCUT2D eigenvalue weighted by Gasteiger charge is -2.33. The van der Waals surface area contributed by atoms with Gasteiger partial charge in [-0.25, -0.2) is 12.8 Å². The predicted octanol–water partition coefficient (Wildman–Crippen LogP) is 3.43. The van der Waals surface area contributed by atoms with Gasteiger partial charge in [0.15, 0.2) is 0 Å². The van der Waals surface area contributed by atoms with Crippen LogP contribution in [0.4, 0.5) is 4.39 Å². The number of sulfonamides is 1. The third-order valence-electron chi connectivity index (χ3n) is 6.11. The Hall–Kier alpha value is -2.29. The van der Waals surface area contributed by atoms with Gasteiger partial charge in [0.25, 0.3) is 0 Å². The van der Waals surface area contributed by atoms with E-state index in [0.717, 1.165) is 30.8 Å². The third-order valence-corrected chi connectivity index (χ3v) is 7.99. The average molecular weight is 462 g/mol. The maximum atomic E-state index is 13.2. The van der Waals surface area contributed by atoms with Crippen LogP contribution in [0.1, 0.15) is 38.3 Å². The van der Waals surface area contributed by atoms with Crippen LogP contribution in [0, 0.1) is 11.7 Å². The van der Waals surface area contributed by atoms with Crippen molar-refractivity contribution < 1.29 is 17.6 Å². The van der Waals surface area contributed by atoms with Crippen molar-refractivity contribution in [2.45, 2.75) is 37.6 Å². The number of hydrogen-bond acceptors (Lipinski definition) is 4. The molecule has 2 atom stereocenters. The molecule has 6 nitrogen and oxygen atoms in total. The molecule has 1 aliphatic heterocycles. The smallest absolute Gasteiger partial charge is 0.243 e. The van der Waals surface area contributed by atoms with Gasteiger partial charge in [0, 0.05) is 19.6 Å². The number of likely N-dealkylation sites (N-methyl/N-ethyl adjacent to an activating group) is 1. The summed E-state index contributed by atoms with van der Waals surface area (Å²) in [6, 6.07) is 14.9. The van der Waals surface area contributed by atoms with Gasteiger partial charge < -0.3 is 5.32 Å². The van der Waals surface area contributed by atoms with E-state index in [-0.39, 0.29) is 23.4 Å². The summed E-state index contributed by atoms with van der Waals surface area (Å²) in [6.45, 7) is 6.87. The minimum atomic E-state index is -3.76. The van der Waals surface area contributed by atoms with Crippen molar-refractivity contribution in [3.8, 4) is 0 Å². The van der Waals surface area contributed by atoms with E-state index in [2.05, 4.69) is 36.2 Å². The van der Waals surface area contributed by atoms with E-state index < -0.39 is 21.8 Å². The van der Waals surface area contributed by atoms with Crippen LogP contribution in [0.3, 0.4) is 0 Å². The van der Waals surface area contributed by atoms with Crippen molar-refractivity contribution in [2.75, 3.05) is 32.7 Å². The van der Waals surface area contributed by atoms with E-state index in [1.165, 1.54) is 16.4 Å². The molecule has 0 bridgehead atoms. The fraction of sp³-hybridized carbons (Fsp3) is 0.458. The second kappa shape index (κ2) is 11.0. The molecule has 2 unspecified atom stereocenters. The Bertz CT molecular complexity index is 979. The van der Waals surface area contributed by atoms with E-state index in [4.69, 9.17) is 0 Å². The Morgan fingerprint density at radius 1 is 1.12 bits per heavy atom. The van der Waals surface area contributed by atoms with E-state index in [1.54, 1.807) is 0 Å². The summed E-state index contributed by atoms with van der Waals surface area (Å²) in [5, 5.41) is 3.07. The number of hydrogen-bond donors (Lipinski definition) is 1. The van der Waals surface area contributed by atoms with Gasteiger partial charge in [-0.3, -0.25) is 9.69 Å². The zero-order chi connectivity index (χ0) is 23.1. The molecular weight excluding hydrogens is 429 g/mol. The number of rotatable bonds is 9. The fourth-order valence-electron chi connectivity index (χ4n) is 4.27. The molecule has 0 aliphatic carbocycles. The quantitative estimate of drug-likeness (QED) is 0.621. The lowest BCUT2D eigenvalue weighted by Crippen LogP contribution is -2.47. The summed E-state index contributed by atoms with van der Waals surface area (Å²) < 4.78 is 40.4. The molecule has 32 heavy (non-hydrogen) atoms. The second-order valence-electron chi connectivity index (χ2n) is 8.05. The van der Waals surface area contributed by atoms with Gasteiger partial charge in [-0.05, 0) is 55.8 Å². The van der Waals surface area contributed by atoms with Crippen molar-refractivity contribution in [3.05, 3.63) is 66.0 Å². The highest BCUT2D eigenvalue weighted by molar-refractivity contribution is 7.89. The maximum Gasteiger partial charge on any atom is 0.243 e. The first-order chi connectivity index (χ1) is 15.4. The highest BCUT2D eigenvalue weighted by Gasteiger charge is 2.33. The summed E-state index contributed by atoms with van der Waals surface area (Å²) in [6.07, 6.45) is 1.25. The molecule has 8 heteroatoms. The number of piperidine rings is 1. The Labute approximate surface area is 190 Å². The minimum absolute atomic E-state index is 0.0469. The second-order valence-corrected chi connectivity index (χ2v) is 9.99. The standard InChI is InChI=1S/C24H32FN3O3S/c1-3-27(4-2)23(19-9-6-5-7-10-19)17-26-24(29)20-11-8-16-28(18-20)32(30,31)22-14-12-21(25)13-15-22/h5-7,9-10,12-15,20,23H,3-4,8,11,16-18H2,1-2H3,(H,26,29). The van der Waals surface area contributed by atoms with Crippen LogP contribution >= 0.6 is 0 Å². The monoisotopic (exact) mass is 461 g/mol. The van der Waals surface area contributed by atoms with Crippen LogP contribution in [-0.2, 0) is 14.8 Å². The Kier molecular flexibility index (Phi) is 8.39. The fourth-order valence-corrected chi connectivity index (χ4v) is 5.79. The number of carbonyl (C=O) groups is 1. The molecule has 0 saturated carbocycles. The normalized spacial score (nSPS) is 18.4. The SMILES string of the molecule is CCN(CC)C(CNC(=O)C1CCCN(S(=O)(=O)c2ccc(F)cc2)C1)c1ccccc1. The van der Waals surface area contributed by atoms with E-state index in [0.29, 0.717) is 25.9 Å². The highest BCUT2D eigenvalue weighted by Crippen LogP contribution is 2.25. The molecule has 1 fully saturated rings. The number of nitrogens with zero attached hydrogens (tertiary/aromatic N) is 2. The summed E-state index contributed by atoms with van der Waals surface area (Å²) in [5.74, 6) is -1.02. The molecule has 1 saturated heterocycles. The van der Waals surface area contributed by atoms with Gasteiger partial charge in [-0.1, -0.05) is 44.2 Å². The van der Waals surface area contributed by atoms with Gasteiger partial charge in [0.05, 0.1) is 16.9 Å². The summed E-state index contributed by atoms with van der Waals surface area (Å²) >= 11 is 0. The largest absolute Gasteiger partial charge is 0.354 e. The van der Waals surface area contributed by atoms with Crippen molar-refractivity contribution >= 4 is 15.9 Å². The van der Waals surface area contributed by atoms with Gasteiger partial charge in [-0.15, -0.1) is 0 Å². The molecule has 1 N–H and O–H groups in total. The first-order valence-electron chi connectivity index (χ1n) is 11.2. The van der Waals surface area contributed by atoms with Crippen molar-refractivity contribution in [1.29, 1.82) is 0 Å². The molecule has 2 aromatic carbocycles. The number of amides is 1. The third kappa shape index (κ3) is 5.74. The van der Waals surface area contributed by atoms with Crippen LogP contribution in [0.25, 0.3) is 0 Å². The molecule has 1 amide bonds. The zero-order valence-corrected chi connectivity index (χ0v) is 19.5. The zero-order valence-electron chi connectivity index (χ0n) is 18.7. The Morgan fingerprint density at radius 2 is 1.78 bits per heavy atom. The summed E-state index contributed by atoms with van der Waals surface area (Å²) in [5.41, 5.74) is 1.14. The van der Waals surface area contributed by atoms with Gasteiger partial charge in [-0.2, -0.15) is 4.31 Å². The topological polar surface area (TPSA) is 69.7 Å². The highest BCUT2D eigenvalue weighted by atomic mass is 32.2. The average Bonchev–Trinajstić information content (AvgIpc) is 2.82. The molecule has 3 rings (SSSR count). The lowest BCUT2D eigenvalue weighted by atomic mass is 9.98. The first-order valence-corrected chi connectivity index (χ1v) is 12.6. The summed E-state index contributed by atoms with van der Waals surface area (Å²) in [4.78, 5) is 15.3. The van der Waals surface area contributed by atoms with Crippen molar-refractivity contribution in [2.24, 2.45) is 5.92 Å². The molecule has 1 heterocycles. The van der Waals surface area contributed by atoms with E-state index in [1.807, 2.05) is 18.2 Å². The first kappa shape index (κ1) is 24.4. The van der Waals surface area contributed by atoms with Gasteiger partial charge in [0.2, 0.25) is 15.9 Å². The van der Waals surface area contributed by atoms with Crippen molar-refractivity contribution in [3.63, 3.8) is 0 Å². The van der Waals surface area contributed by atoms with Crippen LogP contribution < -0.4 is 5.32 Å². The maximum absolute atomic E-state index is 13.2. The molecule has 1 aliphatic rings. The lowest BCUT2D eigenvalue weighted by molar-refractivity contribution is -0.126. The number of nitrogens with one attached hydrogen (secondary N) is 1. The summed E-state index contributed by atoms with van der Waals surface area (Å²) in [7, 11) is -3.76. The molecule has 0 aromatic heterocycles. The van der Waals surface area contributed by atoms with Crippen LogP contribution in [0.15, 0.2) is 59.5 Å². The Morgan fingerprint density at radius 3 is 2.41 bits per heavy atom. The molecule has 174 valence electrons. The van der Waals surface area contributed by atoms with Crippen LogP contribution in [0.2, 0.25) is 0 Å². The molecule has 0 radical (unpaired) electrons. The number of carbonyl (C=O) groups excluding carboxylic acids is 1. The predicted molar refractivity (Wildman–Crippen MR) is 123 cm³/mol. The van der Waals surface area contributed by atoms with E-state index >= 15 is 0 Å².